The molecule has 0 fully saturated rings. The van der Waals surface area contributed by atoms with E-state index >= 15 is 0 Å². The van der Waals surface area contributed by atoms with Gasteiger partial charge in [0.1, 0.15) is 11.3 Å². The zero-order valence-corrected chi connectivity index (χ0v) is 14.6. The van der Waals surface area contributed by atoms with Gasteiger partial charge in [0.15, 0.2) is 0 Å². The molecule has 0 unspecified atom stereocenters. The molecular formula is C21H24O. The highest BCUT2D eigenvalue weighted by atomic mass is 16.3. The highest BCUT2D eigenvalue weighted by Gasteiger charge is 2.20. The topological polar surface area (TPSA) is 13.1 Å². The highest BCUT2D eigenvalue weighted by Crippen LogP contribution is 2.41. The second-order valence-electron chi connectivity index (χ2n) is 6.65. The Kier molecular flexibility index (Phi) is 3.40. The lowest BCUT2D eigenvalue weighted by Crippen LogP contribution is -1.92. The minimum absolute atomic E-state index is 1.02. The molecule has 22 heavy (non-hydrogen) atoms. The number of aryl methyl sites for hydroxylation is 7. The fourth-order valence-electron chi connectivity index (χ4n) is 3.74. The van der Waals surface area contributed by atoms with Gasteiger partial charge in [-0.3, -0.25) is 0 Å². The van der Waals surface area contributed by atoms with Gasteiger partial charge in [-0.2, -0.15) is 0 Å². The van der Waals surface area contributed by atoms with Crippen molar-refractivity contribution >= 4 is 11.0 Å². The van der Waals surface area contributed by atoms with Crippen molar-refractivity contribution in [2.75, 3.05) is 0 Å². The van der Waals surface area contributed by atoms with Crippen LogP contribution in [-0.2, 0) is 0 Å². The summed E-state index contributed by atoms with van der Waals surface area (Å²) in [5, 5.41) is 1.27. The number of fused-ring (bicyclic) bond motifs is 1. The summed E-state index contributed by atoms with van der Waals surface area (Å²) in [5.41, 5.74) is 11.4. The monoisotopic (exact) mass is 292 g/mol. The minimum atomic E-state index is 1.02. The van der Waals surface area contributed by atoms with Crippen LogP contribution in [0.25, 0.3) is 22.1 Å². The Balaban J connectivity index is 2.48. The number of furan rings is 1. The largest absolute Gasteiger partial charge is 0.460 e. The number of benzene rings is 2. The number of rotatable bonds is 1. The van der Waals surface area contributed by atoms with Crippen LogP contribution in [0.1, 0.15) is 39.1 Å². The molecule has 0 bridgehead atoms. The molecule has 2 aromatic carbocycles. The Morgan fingerprint density at radius 2 is 1.23 bits per heavy atom. The zero-order chi connectivity index (χ0) is 16.2. The van der Waals surface area contributed by atoms with Crippen LogP contribution in [0, 0.1) is 48.5 Å². The lowest BCUT2D eigenvalue weighted by Gasteiger charge is -2.12. The van der Waals surface area contributed by atoms with Crippen molar-refractivity contribution in [1.29, 1.82) is 0 Å². The van der Waals surface area contributed by atoms with Gasteiger partial charge in [0.05, 0.1) is 0 Å². The van der Waals surface area contributed by atoms with Crippen LogP contribution < -0.4 is 0 Å². The van der Waals surface area contributed by atoms with Crippen molar-refractivity contribution in [2.45, 2.75) is 48.5 Å². The van der Waals surface area contributed by atoms with E-state index in [0.717, 1.165) is 11.3 Å². The predicted octanol–water partition coefficient (Wildman–Crippen LogP) is 6.26. The van der Waals surface area contributed by atoms with Crippen LogP contribution in [0.5, 0.6) is 0 Å². The van der Waals surface area contributed by atoms with E-state index in [1.807, 2.05) is 0 Å². The van der Waals surface area contributed by atoms with Gasteiger partial charge in [0.25, 0.3) is 0 Å². The number of hydrogen-bond acceptors (Lipinski definition) is 1. The van der Waals surface area contributed by atoms with Crippen LogP contribution in [0.2, 0.25) is 0 Å². The van der Waals surface area contributed by atoms with Gasteiger partial charge in [-0.15, -0.1) is 0 Å². The van der Waals surface area contributed by atoms with E-state index in [1.165, 1.54) is 49.9 Å². The fraction of sp³-hybridized carbons (Fsp3) is 0.333. The summed E-state index contributed by atoms with van der Waals surface area (Å²) in [6.07, 6.45) is 0. The highest BCUT2D eigenvalue weighted by molar-refractivity contribution is 6.01. The quantitative estimate of drug-likeness (QED) is 0.516. The number of hydrogen-bond donors (Lipinski definition) is 0. The van der Waals surface area contributed by atoms with E-state index in [2.05, 4.69) is 66.7 Å². The average molecular weight is 292 g/mol. The zero-order valence-electron chi connectivity index (χ0n) is 14.6. The molecule has 0 N–H and O–H groups in total. The maximum Gasteiger partial charge on any atom is 0.138 e. The Labute approximate surface area is 133 Å². The summed E-state index contributed by atoms with van der Waals surface area (Å²) in [5.74, 6) is 1.02. The van der Waals surface area contributed by atoms with Gasteiger partial charge in [-0.1, -0.05) is 23.8 Å². The summed E-state index contributed by atoms with van der Waals surface area (Å²) in [4.78, 5) is 0. The molecule has 0 aliphatic heterocycles. The van der Waals surface area contributed by atoms with E-state index in [0.29, 0.717) is 0 Å². The van der Waals surface area contributed by atoms with Gasteiger partial charge in [0.2, 0.25) is 0 Å². The molecule has 3 rings (SSSR count). The molecule has 0 aliphatic carbocycles. The summed E-state index contributed by atoms with van der Waals surface area (Å²) >= 11 is 0. The van der Waals surface area contributed by atoms with Crippen LogP contribution in [0.3, 0.4) is 0 Å². The first kappa shape index (κ1) is 14.9. The minimum Gasteiger partial charge on any atom is -0.460 e. The Morgan fingerprint density at radius 1 is 0.636 bits per heavy atom. The third-order valence-electron chi connectivity index (χ3n) is 4.77. The summed E-state index contributed by atoms with van der Waals surface area (Å²) < 4.78 is 6.19. The van der Waals surface area contributed by atoms with Crippen molar-refractivity contribution < 1.29 is 4.42 Å². The van der Waals surface area contributed by atoms with Crippen molar-refractivity contribution in [3.8, 4) is 11.1 Å². The third kappa shape index (κ3) is 2.08. The molecule has 0 radical (unpaired) electrons. The Bertz CT molecular complexity index is 871. The van der Waals surface area contributed by atoms with Gasteiger partial charge in [-0.05, 0) is 81.8 Å². The Morgan fingerprint density at radius 3 is 1.82 bits per heavy atom. The molecule has 0 atom stereocenters. The molecule has 0 amide bonds. The van der Waals surface area contributed by atoms with E-state index in [-0.39, 0.29) is 0 Å². The van der Waals surface area contributed by atoms with Crippen LogP contribution in [0.4, 0.5) is 0 Å². The molecule has 1 nitrogen and oxygen atoms in total. The van der Waals surface area contributed by atoms with E-state index in [4.69, 9.17) is 4.42 Å². The van der Waals surface area contributed by atoms with Gasteiger partial charge in [-0.25, -0.2) is 0 Å². The van der Waals surface area contributed by atoms with Crippen molar-refractivity contribution in [3.63, 3.8) is 0 Å². The molecule has 0 saturated heterocycles. The maximum absolute atomic E-state index is 6.19. The van der Waals surface area contributed by atoms with Crippen molar-refractivity contribution in [1.82, 2.24) is 0 Å². The van der Waals surface area contributed by atoms with Crippen molar-refractivity contribution in [3.05, 3.63) is 57.3 Å². The second kappa shape index (κ2) is 5.01. The maximum atomic E-state index is 6.19. The first-order valence-corrected chi connectivity index (χ1v) is 7.89. The molecule has 1 aromatic heterocycles. The lowest BCUT2D eigenvalue weighted by atomic mass is 9.90. The molecular weight excluding hydrogens is 268 g/mol. The molecule has 0 aliphatic rings. The van der Waals surface area contributed by atoms with Gasteiger partial charge in [0, 0.05) is 10.9 Å². The molecule has 0 saturated carbocycles. The third-order valence-corrected chi connectivity index (χ3v) is 4.77. The van der Waals surface area contributed by atoms with E-state index in [1.54, 1.807) is 0 Å². The van der Waals surface area contributed by atoms with Crippen LogP contribution in [-0.4, -0.2) is 0 Å². The molecule has 0 spiro atoms. The smallest absolute Gasteiger partial charge is 0.138 e. The predicted molar refractivity (Wildman–Crippen MR) is 94.8 cm³/mol. The molecule has 1 heterocycles. The van der Waals surface area contributed by atoms with Crippen LogP contribution in [0.15, 0.2) is 22.6 Å². The van der Waals surface area contributed by atoms with Crippen molar-refractivity contribution in [2.24, 2.45) is 0 Å². The summed E-state index contributed by atoms with van der Waals surface area (Å²) in [7, 11) is 0. The normalized spacial score (nSPS) is 11.4. The molecule has 3 aromatic rings. The van der Waals surface area contributed by atoms with Crippen LogP contribution >= 0.6 is 0 Å². The fourth-order valence-corrected chi connectivity index (χ4v) is 3.74. The van der Waals surface area contributed by atoms with E-state index in [9.17, 15) is 0 Å². The second-order valence-corrected chi connectivity index (χ2v) is 6.65. The van der Waals surface area contributed by atoms with Gasteiger partial charge < -0.3 is 4.42 Å². The Hall–Kier alpha value is -2.02. The summed E-state index contributed by atoms with van der Waals surface area (Å²) in [6.45, 7) is 15.1. The standard InChI is InChI=1S/C21H24O/c1-11-8-13(3)18(14(4)9-11)20-17(7)22-21-16(6)12(2)10-15(5)19(20)21/h8-10H,1-7H3. The molecule has 1 heteroatoms. The average Bonchev–Trinajstić information content (AvgIpc) is 2.74. The molecule has 114 valence electrons. The first-order valence-electron chi connectivity index (χ1n) is 7.89. The van der Waals surface area contributed by atoms with E-state index < -0.39 is 0 Å². The summed E-state index contributed by atoms with van der Waals surface area (Å²) in [6, 6.07) is 6.79. The lowest BCUT2D eigenvalue weighted by molar-refractivity contribution is 0.577. The van der Waals surface area contributed by atoms with Gasteiger partial charge >= 0.3 is 0 Å². The first-order chi connectivity index (χ1) is 10.3. The SMILES string of the molecule is Cc1cc(C)c(-c2c(C)oc3c(C)c(C)cc(C)c23)c(C)c1.